The molecule has 0 spiro atoms. The number of aryl methyl sites for hydroxylation is 1. The quantitative estimate of drug-likeness (QED) is 0.584. The van der Waals surface area contributed by atoms with Crippen molar-refractivity contribution >= 4 is 28.2 Å². The molecule has 168 valence electrons. The molecule has 1 aliphatic heterocycles. The monoisotopic (exact) mass is 443 g/mol. The molecule has 3 aromatic heterocycles. The molecule has 8 heteroatoms. The van der Waals surface area contributed by atoms with Crippen LogP contribution in [0.25, 0.3) is 10.8 Å². The van der Waals surface area contributed by atoms with Crippen LogP contribution in [0.3, 0.4) is 0 Å². The molecule has 8 nitrogen and oxygen atoms in total. The Morgan fingerprint density at radius 1 is 1.09 bits per heavy atom. The maximum absolute atomic E-state index is 12.1. The zero-order valence-corrected chi connectivity index (χ0v) is 18.6. The molecule has 0 aromatic carbocycles. The van der Waals surface area contributed by atoms with Crippen LogP contribution in [-0.2, 0) is 9.53 Å². The molecule has 1 saturated heterocycles. The summed E-state index contributed by atoms with van der Waals surface area (Å²) in [4.78, 5) is 25.5. The second kappa shape index (κ2) is 9.04. The van der Waals surface area contributed by atoms with E-state index in [4.69, 9.17) is 9.47 Å². The molecule has 2 aliphatic rings. The number of hydrogen-bond donors (Lipinski definition) is 2. The minimum Gasteiger partial charge on any atom is -0.494 e. The number of anilines is 2. The molecule has 0 bridgehead atoms. The van der Waals surface area contributed by atoms with Crippen LogP contribution in [0.2, 0.25) is 0 Å². The standard InChI is InChI=1S/C25H25N5O3/c1-15-21-12-28-24(30-25(31)16-3-4-16)10-20(21)17(11-26-15)5-6-18-9-23(32-2)22(13-27-18)29-19-7-8-33-14-19/h9-13,16,19,29H,3-4,7-8,14H2,1-2H3,(H,28,30,31)/t19-/m0/s1. The van der Waals surface area contributed by atoms with E-state index in [2.05, 4.69) is 37.4 Å². The summed E-state index contributed by atoms with van der Waals surface area (Å²) in [5.74, 6) is 7.64. The highest BCUT2D eigenvalue weighted by atomic mass is 16.5. The maximum Gasteiger partial charge on any atom is 0.228 e. The predicted octanol–water partition coefficient (Wildman–Crippen LogP) is 3.29. The van der Waals surface area contributed by atoms with Gasteiger partial charge in [0.25, 0.3) is 0 Å². The zero-order chi connectivity index (χ0) is 22.8. The van der Waals surface area contributed by atoms with E-state index in [-0.39, 0.29) is 17.9 Å². The Labute approximate surface area is 192 Å². The number of hydrogen-bond acceptors (Lipinski definition) is 7. The fourth-order valence-corrected chi connectivity index (χ4v) is 3.79. The molecular formula is C25H25N5O3. The number of carbonyl (C=O) groups is 1. The van der Waals surface area contributed by atoms with Gasteiger partial charge in [-0.3, -0.25) is 9.78 Å². The minimum atomic E-state index is 0.0226. The van der Waals surface area contributed by atoms with E-state index in [9.17, 15) is 4.79 Å². The smallest absolute Gasteiger partial charge is 0.228 e. The van der Waals surface area contributed by atoms with Crippen molar-refractivity contribution in [1.82, 2.24) is 15.0 Å². The van der Waals surface area contributed by atoms with Gasteiger partial charge < -0.3 is 20.1 Å². The summed E-state index contributed by atoms with van der Waals surface area (Å²) in [6, 6.07) is 3.93. The van der Waals surface area contributed by atoms with Gasteiger partial charge in [-0.2, -0.15) is 0 Å². The van der Waals surface area contributed by atoms with Gasteiger partial charge in [0.05, 0.1) is 37.2 Å². The first-order valence-corrected chi connectivity index (χ1v) is 11.1. The molecule has 1 amide bonds. The van der Waals surface area contributed by atoms with Gasteiger partial charge in [0.15, 0.2) is 0 Å². The summed E-state index contributed by atoms with van der Waals surface area (Å²) in [6.45, 7) is 3.37. The average Bonchev–Trinajstić information content (AvgIpc) is 3.56. The Kier molecular flexibility index (Phi) is 5.80. The van der Waals surface area contributed by atoms with Crippen molar-refractivity contribution in [2.75, 3.05) is 31.0 Å². The lowest BCUT2D eigenvalue weighted by molar-refractivity contribution is -0.117. The van der Waals surface area contributed by atoms with Crippen molar-refractivity contribution in [1.29, 1.82) is 0 Å². The van der Waals surface area contributed by atoms with Crippen molar-refractivity contribution in [3.05, 3.63) is 47.7 Å². The number of ether oxygens (including phenoxy) is 2. The largest absolute Gasteiger partial charge is 0.494 e. The Hall–Kier alpha value is -3.70. The molecule has 5 rings (SSSR count). The van der Waals surface area contributed by atoms with Gasteiger partial charge >= 0.3 is 0 Å². The fourth-order valence-electron chi connectivity index (χ4n) is 3.79. The van der Waals surface area contributed by atoms with E-state index in [0.29, 0.717) is 23.9 Å². The van der Waals surface area contributed by atoms with Crippen LogP contribution in [0, 0.1) is 24.7 Å². The van der Waals surface area contributed by atoms with Crippen molar-refractivity contribution in [3.63, 3.8) is 0 Å². The van der Waals surface area contributed by atoms with Gasteiger partial charge in [-0.05, 0) is 38.2 Å². The fraction of sp³-hybridized carbons (Fsp3) is 0.360. The van der Waals surface area contributed by atoms with Gasteiger partial charge in [-0.25, -0.2) is 9.97 Å². The van der Waals surface area contributed by atoms with E-state index >= 15 is 0 Å². The average molecular weight is 444 g/mol. The third kappa shape index (κ3) is 4.73. The normalized spacial score (nSPS) is 17.3. The van der Waals surface area contributed by atoms with E-state index in [0.717, 1.165) is 53.6 Å². The zero-order valence-electron chi connectivity index (χ0n) is 18.6. The van der Waals surface area contributed by atoms with E-state index in [1.54, 1.807) is 25.7 Å². The Morgan fingerprint density at radius 3 is 2.73 bits per heavy atom. The van der Waals surface area contributed by atoms with Gasteiger partial charge in [-0.1, -0.05) is 5.92 Å². The van der Waals surface area contributed by atoms with Gasteiger partial charge in [0.2, 0.25) is 5.91 Å². The summed E-state index contributed by atoms with van der Waals surface area (Å²) < 4.78 is 11.0. The summed E-state index contributed by atoms with van der Waals surface area (Å²) in [5.41, 5.74) is 3.01. The first-order chi connectivity index (χ1) is 16.1. The van der Waals surface area contributed by atoms with Gasteiger partial charge in [0, 0.05) is 47.5 Å². The summed E-state index contributed by atoms with van der Waals surface area (Å²) in [5, 5.41) is 8.11. The first-order valence-electron chi connectivity index (χ1n) is 11.1. The third-order valence-electron chi connectivity index (χ3n) is 5.87. The highest BCUT2D eigenvalue weighted by Gasteiger charge is 2.29. The molecule has 2 N–H and O–H groups in total. The molecule has 1 aliphatic carbocycles. The summed E-state index contributed by atoms with van der Waals surface area (Å²) >= 11 is 0. The van der Waals surface area contributed by atoms with Crippen molar-refractivity contribution in [2.24, 2.45) is 5.92 Å². The summed E-state index contributed by atoms with van der Waals surface area (Å²) in [6.07, 6.45) is 8.05. The lowest BCUT2D eigenvalue weighted by atomic mass is 10.1. The third-order valence-corrected chi connectivity index (χ3v) is 5.87. The molecule has 0 unspecified atom stereocenters. The second-order valence-electron chi connectivity index (χ2n) is 8.36. The topological polar surface area (TPSA) is 98.3 Å². The lowest BCUT2D eigenvalue weighted by Crippen LogP contribution is -2.19. The number of nitrogens with one attached hydrogen (secondary N) is 2. The number of carbonyl (C=O) groups excluding carboxylic acids is 1. The first kappa shape index (κ1) is 21.2. The molecule has 0 radical (unpaired) electrons. The van der Waals surface area contributed by atoms with Crippen LogP contribution in [0.15, 0.2) is 30.7 Å². The van der Waals surface area contributed by atoms with Gasteiger partial charge in [-0.15, -0.1) is 0 Å². The van der Waals surface area contributed by atoms with Crippen molar-refractivity contribution in [3.8, 4) is 17.6 Å². The van der Waals surface area contributed by atoms with E-state index in [1.807, 2.05) is 19.1 Å². The SMILES string of the molecule is COc1cc(C#Cc2cnc(C)c3cnc(NC(=O)C4CC4)cc23)ncc1N[C@H]1CCOC1. The number of pyridine rings is 3. The Bertz CT molecular complexity index is 1270. The molecule has 33 heavy (non-hydrogen) atoms. The van der Waals surface area contributed by atoms with Gasteiger partial charge in [0.1, 0.15) is 17.3 Å². The number of methoxy groups -OCH3 is 1. The van der Waals surface area contributed by atoms with E-state index in [1.165, 1.54) is 0 Å². The molecule has 4 heterocycles. The molecule has 2 fully saturated rings. The Morgan fingerprint density at radius 2 is 1.97 bits per heavy atom. The number of nitrogens with zero attached hydrogens (tertiary/aromatic N) is 3. The molecule has 3 aromatic rings. The molecule has 1 atom stereocenters. The van der Waals surface area contributed by atoms with Crippen molar-refractivity contribution in [2.45, 2.75) is 32.2 Å². The number of rotatable bonds is 5. The van der Waals surface area contributed by atoms with E-state index < -0.39 is 0 Å². The number of amides is 1. The summed E-state index contributed by atoms with van der Waals surface area (Å²) in [7, 11) is 1.63. The highest BCUT2D eigenvalue weighted by molar-refractivity contribution is 5.96. The predicted molar refractivity (Wildman–Crippen MR) is 125 cm³/mol. The number of aromatic nitrogens is 3. The molecular weight excluding hydrogens is 418 g/mol. The van der Waals surface area contributed by atoms with Crippen LogP contribution in [-0.4, -0.2) is 47.2 Å². The van der Waals surface area contributed by atoms with Crippen LogP contribution < -0.4 is 15.4 Å². The van der Waals surface area contributed by atoms with Crippen LogP contribution in [0.5, 0.6) is 5.75 Å². The van der Waals surface area contributed by atoms with Crippen LogP contribution in [0.1, 0.15) is 36.2 Å². The highest BCUT2D eigenvalue weighted by Crippen LogP contribution is 2.31. The maximum atomic E-state index is 12.1. The van der Waals surface area contributed by atoms with Crippen molar-refractivity contribution < 1.29 is 14.3 Å². The number of fused-ring (bicyclic) bond motifs is 1. The van der Waals surface area contributed by atoms with Crippen LogP contribution in [0.4, 0.5) is 11.5 Å². The Balaban J connectivity index is 1.43. The second-order valence-corrected chi connectivity index (χ2v) is 8.36. The lowest BCUT2D eigenvalue weighted by Gasteiger charge is -2.15. The molecule has 1 saturated carbocycles. The van der Waals surface area contributed by atoms with Crippen LogP contribution >= 0.6 is 0 Å². The minimum absolute atomic E-state index is 0.0226.